The van der Waals surface area contributed by atoms with Crippen molar-refractivity contribution in [2.75, 3.05) is 11.9 Å². The van der Waals surface area contributed by atoms with Gasteiger partial charge in [-0.25, -0.2) is 0 Å². The first-order chi connectivity index (χ1) is 8.54. The molecule has 1 aromatic rings. The Kier molecular flexibility index (Phi) is 3.42. The third kappa shape index (κ3) is 1.92. The van der Waals surface area contributed by atoms with Crippen LogP contribution in [0.4, 0.5) is 5.00 Å². The molecule has 0 aromatic carbocycles. The summed E-state index contributed by atoms with van der Waals surface area (Å²) >= 11 is 1.46. The molecule has 1 aliphatic carbocycles. The lowest BCUT2D eigenvalue weighted by Crippen LogP contribution is -2.47. The Labute approximate surface area is 111 Å². The molecule has 5 heteroatoms. The van der Waals surface area contributed by atoms with Crippen LogP contribution in [0.25, 0.3) is 0 Å². The van der Waals surface area contributed by atoms with E-state index in [9.17, 15) is 4.79 Å². The fourth-order valence-corrected chi connectivity index (χ4v) is 3.22. The van der Waals surface area contributed by atoms with Crippen LogP contribution in [0.2, 0.25) is 0 Å². The third-order valence-corrected chi connectivity index (χ3v) is 5.03. The Hall–Kier alpha value is -1.38. The van der Waals surface area contributed by atoms with Gasteiger partial charge in [-0.2, -0.15) is 5.26 Å². The van der Waals surface area contributed by atoms with Crippen LogP contribution in [0.1, 0.15) is 35.3 Å². The first-order valence-electron chi connectivity index (χ1n) is 6.05. The van der Waals surface area contributed by atoms with Crippen LogP contribution < -0.4 is 11.1 Å². The predicted octanol–water partition coefficient (Wildman–Crippen LogP) is 2.30. The summed E-state index contributed by atoms with van der Waals surface area (Å²) in [5, 5.41) is 12.7. The molecule has 1 aromatic heterocycles. The van der Waals surface area contributed by atoms with Gasteiger partial charge in [-0.15, -0.1) is 11.3 Å². The number of carbonyl (C=O) groups excluding carboxylic acids is 1. The number of aryl methyl sites for hydroxylation is 1. The zero-order valence-electron chi connectivity index (χ0n) is 10.7. The number of hydrogen-bond acceptors (Lipinski definition) is 4. The van der Waals surface area contributed by atoms with Crippen molar-refractivity contribution in [3.05, 3.63) is 16.0 Å². The van der Waals surface area contributed by atoms with Crippen molar-refractivity contribution < 1.29 is 4.79 Å². The molecule has 0 saturated heterocycles. The number of carbonyl (C=O) groups is 1. The van der Waals surface area contributed by atoms with Crippen molar-refractivity contribution in [3.63, 3.8) is 0 Å². The lowest BCUT2D eigenvalue weighted by molar-refractivity contribution is -0.129. The van der Waals surface area contributed by atoms with Crippen LogP contribution in [0.15, 0.2) is 0 Å². The van der Waals surface area contributed by atoms with Crippen molar-refractivity contribution in [1.82, 2.24) is 0 Å². The number of nitrogens with two attached hydrogens (primary N) is 1. The van der Waals surface area contributed by atoms with E-state index in [1.807, 2.05) is 13.8 Å². The minimum absolute atomic E-state index is 0.0333. The molecule has 1 aliphatic rings. The largest absolute Gasteiger partial charge is 0.329 e. The lowest BCUT2D eigenvalue weighted by atomic mass is 9.68. The van der Waals surface area contributed by atoms with Crippen LogP contribution in [0.5, 0.6) is 0 Å². The van der Waals surface area contributed by atoms with Gasteiger partial charge in [0.2, 0.25) is 5.91 Å². The maximum absolute atomic E-state index is 12.2. The molecule has 18 heavy (non-hydrogen) atoms. The smallest absolute Gasteiger partial charge is 0.232 e. The van der Waals surface area contributed by atoms with E-state index in [4.69, 9.17) is 11.0 Å². The number of nitrogens with one attached hydrogen (secondary N) is 1. The van der Waals surface area contributed by atoms with Crippen LogP contribution in [-0.2, 0) is 4.79 Å². The van der Waals surface area contributed by atoms with E-state index in [1.165, 1.54) is 11.3 Å². The Morgan fingerprint density at radius 3 is 2.67 bits per heavy atom. The average Bonchev–Trinajstić information content (AvgIpc) is 2.53. The van der Waals surface area contributed by atoms with Gasteiger partial charge in [-0.05, 0) is 32.3 Å². The van der Waals surface area contributed by atoms with Gasteiger partial charge in [0.25, 0.3) is 0 Å². The van der Waals surface area contributed by atoms with Crippen molar-refractivity contribution in [2.45, 2.75) is 33.1 Å². The Balaban J connectivity index is 2.22. The van der Waals surface area contributed by atoms with Crippen molar-refractivity contribution in [2.24, 2.45) is 11.1 Å². The van der Waals surface area contributed by atoms with E-state index in [-0.39, 0.29) is 5.91 Å². The highest BCUT2D eigenvalue weighted by atomic mass is 32.1. The summed E-state index contributed by atoms with van der Waals surface area (Å²) in [4.78, 5) is 13.3. The fourth-order valence-electron chi connectivity index (χ4n) is 2.21. The topological polar surface area (TPSA) is 78.9 Å². The molecule has 0 aliphatic heterocycles. The molecule has 1 fully saturated rings. The number of rotatable bonds is 3. The van der Waals surface area contributed by atoms with Gasteiger partial charge in [0, 0.05) is 11.4 Å². The molecule has 2 rings (SSSR count). The summed E-state index contributed by atoms with van der Waals surface area (Å²) < 4.78 is 0. The van der Waals surface area contributed by atoms with E-state index in [0.29, 0.717) is 17.1 Å². The lowest BCUT2D eigenvalue weighted by Gasteiger charge is -2.38. The second-order valence-corrected chi connectivity index (χ2v) is 6.12. The Morgan fingerprint density at radius 1 is 1.56 bits per heavy atom. The van der Waals surface area contributed by atoms with E-state index in [2.05, 4.69) is 11.4 Å². The van der Waals surface area contributed by atoms with Gasteiger partial charge in [-0.1, -0.05) is 6.42 Å². The maximum atomic E-state index is 12.2. The first kappa shape index (κ1) is 13.1. The fraction of sp³-hybridized carbons (Fsp3) is 0.538. The molecule has 0 unspecified atom stereocenters. The molecule has 0 atom stereocenters. The summed E-state index contributed by atoms with van der Waals surface area (Å²) in [6.07, 6.45) is 2.75. The molecular formula is C13H17N3OS. The minimum atomic E-state index is -0.404. The summed E-state index contributed by atoms with van der Waals surface area (Å²) in [5.41, 5.74) is 6.84. The molecule has 0 radical (unpaired) electrons. The summed E-state index contributed by atoms with van der Waals surface area (Å²) in [6, 6.07) is 2.16. The maximum Gasteiger partial charge on any atom is 0.232 e. The average molecular weight is 263 g/mol. The summed E-state index contributed by atoms with van der Waals surface area (Å²) in [5.74, 6) is -0.0333. The van der Waals surface area contributed by atoms with Gasteiger partial charge in [0.15, 0.2) is 0 Å². The van der Waals surface area contributed by atoms with Gasteiger partial charge < -0.3 is 11.1 Å². The number of nitriles is 1. The van der Waals surface area contributed by atoms with Gasteiger partial charge >= 0.3 is 0 Å². The minimum Gasteiger partial charge on any atom is -0.329 e. The standard InChI is InChI=1S/C13H17N3OS/c1-8-9(2)18-11(10(8)6-14)16-12(17)13(7-15)4-3-5-13/h3-5,7,15H2,1-2H3,(H,16,17). The highest BCUT2D eigenvalue weighted by molar-refractivity contribution is 7.16. The van der Waals surface area contributed by atoms with Crippen molar-refractivity contribution >= 4 is 22.2 Å². The highest BCUT2D eigenvalue weighted by Gasteiger charge is 2.43. The third-order valence-electron chi connectivity index (χ3n) is 3.91. The van der Waals surface area contributed by atoms with Crippen LogP contribution in [0.3, 0.4) is 0 Å². The van der Waals surface area contributed by atoms with Crippen LogP contribution in [-0.4, -0.2) is 12.5 Å². The zero-order valence-corrected chi connectivity index (χ0v) is 11.5. The predicted molar refractivity (Wildman–Crippen MR) is 72.5 cm³/mol. The van der Waals surface area contributed by atoms with E-state index < -0.39 is 5.41 Å². The second kappa shape index (κ2) is 4.71. The Bertz CT molecular complexity index is 518. The number of nitrogens with zero attached hydrogens (tertiary/aromatic N) is 1. The molecular weight excluding hydrogens is 246 g/mol. The number of hydrogen-bond donors (Lipinski definition) is 2. The molecule has 4 nitrogen and oxygen atoms in total. The van der Waals surface area contributed by atoms with Crippen LogP contribution >= 0.6 is 11.3 Å². The second-order valence-electron chi connectivity index (χ2n) is 4.89. The molecule has 96 valence electrons. The summed E-state index contributed by atoms with van der Waals surface area (Å²) in [6.45, 7) is 4.24. The molecule has 0 spiro atoms. The summed E-state index contributed by atoms with van der Waals surface area (Å²) in [7, 11) is 0. The van der Waals surface area contributed by atoms with Gasteiger partial charge in [-0.3, -0.25) is 4.79 Å². The van der Waals surface area contributed by atoms with E-state index in [0.717, 1.165) is 29.7 Å². The van der Waals surface area contributed by atoms with Crippen LogP contribution in [0, 0.1) is 30.6 Å². The molecule has 0 bridgehead atoms. The first-order valence-corrected chi connectivity index (χ1v) is 6.87. The molecule has 1 heterocycles. The van der Waals surface area contributed by atoms with Crippen molar-refractivity contribution in [1.29, 1.82) is 5.26 Å². The Morgan fingerprint density at radius 2 is 2.22 bits per heavy atom. The number of amides is 1. The van der Waals surface area contributed by atoms with E-state index in [1.54, 1.807) is 0 Å². The van der Waals surface area contributed by atoms with Gasteiger partial charge in [0.05, 0.1) is 11.0 Å². The quantitative estimate of drug-likeness (QED) is 0.878. The number of thiophene rings is 1. The highest BCUT2D eigenvalue weighted by Crippen LogP contribution is 2.42. The SMILES string of the molecule is Cc1sc(NC(=O)C2(CN)CCC2)c(C#N)c1C. The molecule has 3 N–H and O–H groups in total. The number of anilines is 1. The van der Waals surface area contributed by atoms with E-state index >= 15 is 0 Å². The monoisotopic (exact) mass is 263 g/mol. The molecule has 1 saturated carbocycles. The normalized spacial score (nSPS) is 16.8. The van der Waals surface area contributed by atoms with Crippen molar-refractivity contribution in [3.8, 4) is 6.07 Å². The zero-order chi connectivity index (χ0) is 13.3. The molecule has 1 amide bonds. The van der Waals surface area contributed by atoms with Gasteiger partial charge in [0.1, 0.15) is 11.1 Å².